The fraction of sp³-hybridized carbons (Fsp3) is 0.381. The summed E-state index contributed by atoms with van der Waals surface area (Å²) in [5.41, 5.74) is 1.17. The fourth-order valence-corrected chi connectivity index (χ4v) is 5.62. The van der Waals surface area contributed by atoms with E-state index in [1.54, 1.807) is 38.1 Å². The molecule has 2 rings (SSSR count). The lowest BCUT2D eigenvalue weighted by atomic mass is 10.1. The average Bonchev–Trinajstić information content (AvgIpc) is 2.71. The maximum atomic E-state index is 12.5. The Morgan fingerprint density at radius 2 is 1.50 bits per heavy atom. The molecule has 11 heteroatoms. The smallest absolute Gasteiger partial charge is 0.241 e. The number of rotatable bonds is 11. The molecule has 176 valence electrons. The van der Waals surface area contributed by atoms with Gasteiger partial charge in [0.15, 0.2) is 0 Å². The van der Waals surface area contributed by atoms with E-state index in [9.17, 15) is 21.6 Å². The van der Waals surface area contributed by atoms with Crippen LogP contribution in [-0.2, 0) is 37.1 Å². The van der Waals surface area contributed by atoms with E-state index in [-0.39, 0.29) is 23.2 Å². The molecule has 0 saturated carbocycles. The summed E-state index contributed by atoms with van der Waals surface area (Å²) in [5.74, 6) is -0.254. The lowest BCUT2D eigenvalue weighted by molar-refractivity contribution is -0.122. The predicted molar refractivity (Wildman–Crippen MR) is 122 cm³/mol. The van der Waals surface area contributed by atoms with Gasteiger partial charge >= 0.3 is 0 Å². The molecule has 0 radical (unpaired) electrons. The van der Waals surface area contributed by atoms with Crippen LogP contribution in [0.15, 0.2) is 53.4 Å². The van der Waals surface area contributed by atoms with E-state index >= 15 is 0 Å². The highest BCUT2D eigenvalue weighted by atomic mass is 32.2. The second kappa shape index (κ2) is 10.9. The maximum absolute atomic E-state index is 12.5. The zero-order valence-electron chi connectivity index (χ0n) is 18.5. The number of carbonyl (C=O) groups is 1. The number of methoxy groups -OCH3 is 1. The van der Waals surface area contributed by atoms with Gasteiger partial charge in [-0.2, -0.15) is 4.72 Å². The Morgan fingerprint density at radius 1 is 0.906 bits per heavy atom. The molecule has 0 saturated heterocycles. The minimum absolute atomic E-state index is 0.00570. The van der Waals surface area contributed by atoms with Crippen molar-refractivity contribution in [1.82, 2.24) is 14.8 Å². The quantitative estimate of drug-likeness (QED) is 0.444. The van der Waals surface area contributed by atoms with Crippen LogP contribution in [-0.4, -0.2) is 41.9 Å². The summed E-state index contributed by atoms with van der Waals surface area (Å²) in [6.07, 6.45) is 0. The molecule has 32 heavy (non-hydrogen) atoms. The first-order valence-electron chi connectivity index (χ1n) is 9.94. The summed E-state index contributed by atoms with van der Waals surface area (Å²) in [4.78, 5) is 12.5. The molecule has 1 atom stereocenters. The summed E-state index contributed by atoms with van der Waals surface area (Å²) in [7, 11) is -5.97. The Kier molecular flexibility index (Phi) is 8.79. The zero-order valence-corrected chi connectivity index (χ0v) is 20.1. The topological polar surface area (TPSA) is 131 Å². The molecular formula is C21H29N3O6S2. The van der Waals surface area contributed by atoms with Gasteiger partial charge in [-0.15, -0.1) is 0 Å². The first kappa shape index (κ1) is 25.8. The van der Waals surface area contributed by atoms with E-state index < -0.39 is 32.0 Å². The van der Waals surface area contributed by atoms with Crippen LogP contribution in [0, 0.1) is 0 Å². The van der Waals surface area contributed by atoms with E-state index in [2.05, 4.69) is 14.8 Å². The minimum Gasteiger partial charge on any atom is -0.497 e. The van der Waals surface area contributed by atoms with Gasteiger partial charge in [0.1, 0.15) is 5.75 Å². The van der Waals surface area contributed by atoms with Gasteiger partial charge in [-0.3, -0.25) is 4.79 Å². The number of sulfonamides is 2. The van der Waals surface area contributed by atoms with Gasteiger partial charge in [0.2, 0.25) is 26.0 Å². The molecule has 0 unspecified atom stereocenters. The van der Waals surface area contributed by atoms with Crippen molar-refractivity contribution in [2.24, 2.45) is 0 Å². The van der Waals surface area contributed by atoms with Gasteiger partial charge in [-0.05, 0) is 56.2 Å². The monoisotopic (exact) mass is 483 g/mol. The highest BCUT2D eigenvalue weighted by molar-refractivity contribution is 7.89. The number of amides is 1. The lowest BCUT2D eigenvalue weighted by Gasteiger charge is -2.16. The normalized spacial score (nSPS) is 13.0. The number of hydrogen-bond donors (Lipinski definition) is 3. The van der Waals surface area contributed by atoms with Crippen LogP contribution < -0.4 is 19.5 Å². The summed E-state index contributed by atoms with van der Waals surface area (Å²) in [5, 5.41) is 2.66. The van der Waals surface area contributed by atoms with Crippen molar-refractivity contribution < 1.29 is 26.4 Å². The molecule has 3 N–H and O–H groups in total. The van der Waals surface area contributed by atoms with E-state index in [1.807, 2.05) is 0 Å². The largest absolute Gasteiger partial charge is 0.497 e. The van der Waals surface area contributed by atoms with Gasteiger partial charge in [-0.1, -0.05) is 24.3 Å². The highest BCUT2D eigenvalue weighted by Crippen LogP contribution is 2.16. The molecule has 2 aromatic rings. The third kappa shape index (κ3) is 7.59. The molecule has 2 aromatic carbocycles. The number of nitrogens with one attached hydrogen (secondary N) is 3. The van der Waals surface area contributed by atoms with Crippen LogP contribution in [0.2, 0.25) is 0 Å². The first-order valence-corrected chi connectivity index (χ1v) is 13.1. The van der Waals surface area contributed by atoms with E-state index in [0.717, 1.165) is 0 Å². The van der Waals surface area contributed by atoms with Crippen LogP contribution in [0.5, 0.6) is 5.75 Å². The Hall–Kier alpha value is -2.47. The van der Waals surface area contributed by atoms with Gasteiger partial charge in [0, 0.05) is 12.6 Å². The van der Waals surface area contributed by atoms with Crippen LogP contribution in [0.4, 0.5) is 0 Å². The first-order chi connectivity index (χ1) is 14.9. The predicted octanol–water partition coefficient (Wildman–Crippen LogP) is 1.51. The summed E-state index contributed by atoms with van der Waals surface area (Å²) in [6.45, 7) is 4.95. The second-order valence-corrected chi connectivity index (χ2v) is 11.0. The third-order valence-corrected chi connectivity index (χ3v) is 7.51. The minimum atomic E-state index is -3.91. The summed E-state index contributed by atoms with van der Waals surface area (Å²) < 4.78 is 59.4. The molecule has 1 amide bonds. The van der Waals surface area contributed by atoms with Crippen LogP contribution in [0.1, 0.15) is 31.9 Å². The van der Waals surface area contributed by atoms with E-state index in [0.29, 0.717) is 16.9 Å². The molecule has 0 fully saturated rings. The molecule has 9 nitrogen and oxygen atoms in total. The molecule has 0 aliphatic heterocycles. The van der Waals surface area contributed by atoms with E-state index in [1.165, 1.54) is 38.3 Å². The molecule has 0 aromatic heterocycles. The Labute approximate surface area is 189 Å². The van der Waals surface area contributed by atoms with Crippen molar-refractivity contribution in [2.75, 3.05) is 7.11 Å². The van der Waals surface area contributed by atoms with E-state index in [4.69, 9.17) is 4.74 Å². The molecule has 0 aliphatic carbocycles. The van der Waals surface area contributed by atoms with Crippen molar-refractivity contribution in [3.05, 3.63) is 59.7 Å². The lowest BCUT2D eigenvalue weighted by Crippen LogP contribution is -2.44. The molecular weight excluding hydrogens is 454 g/mol. The third-order valence-electron chi connectivity index (χ3n) is 4.43. The summed E-state index contributed by atoms with van der Waals surface area (Å²) >= 11 is 0. The zero-order chi connectivity index (χ0) is 23.9. The van der Waals surface area contributed by atoms with Crippen LogP contribution >= 0.6 is 0 Å². The molecule has 0 aliphatic rings. The number of hydrogen-bond acceptors (Lipinski definition) is 6. The summed E-state index contributed by atoms with van der Waals surface area (Å²) in [6, 6.07) is 11.4. The Morgan fingerprint density at radius 3 is 2.06 bits per heavy atom. The molecule has 0 heterocycles. The Bertz CT molecular complexity index is 1130. The van der Waals surface area contributed by atoms with Gasteiger partial charge in [-0.25, -0.2) is 21.6 Å². The standard InChI is InChI=1S/C21H29N3O6S2/c1-15(2)23-31(26,27)14-18-8-6-5-7-17(18)13-22-21(25)16(3)24-32(28,29)20-11-9-19(30-4)10-12-20/h5-12,15-16,23-24H,13-14H2,1-4H3,(H,22,25)/t16-/m0/s1. The Balaban J connectivity index is 2.03. The number of benzene rings is 2. The number of ether oxygens (including phenoxy) is 1. The molecule has 0 bridgehead atoms. The fourth-order valence-electron chi connectivity index (χ4n) is 2.92. The van der Waals surface area contributed by atoms with Crippen LogP contribution in [0.3, 0.4) is 0 Å². The maximum Gasteiger partial charge on any atom is 0.241 e. The van der Waals surface area contributed by atoms with Crippen molar-refractivity contribution in [1.29, 1.82) is 0 Å². The van der Waals surface area contributed by atoms with Crippen molar-refractivity contribution in [2.45, 2.75) is 50.0 Å². The van der Waals surface area contributed by atoms with Crippen molar-refractivity contribution in [3.63, 3.8) is 0 Å². The van der Waals surface area contributed by atoms with Gasteiger partial charge in [0.05, 0.1) is 23.8 Å². The number of carbonyl (C=O) groups excluding carboxylic acids is 1. The highest BCUT2D eigenvalue weighted by Gasteiger charge is 2.22. The van der Waals surface area contributed by atoms with Crippen molar-refractivity contribution in [3.8, 4) is 5.75 Å². The van der Waals surface area contributed by atoms with Crippen molar-refractivity contribution >= 4 is 26.0 Å². The SMILES string of the molecule is COc1ccc(S(=O)(=O)N[C@@H](C)C(=O)NCc2ccccc2CS(=O)(=O)NC(C)C)cc1. The van der Waals surface area contributed by atoms with Gasteiger partial charge < -0.3 is 10.1 Å². The van der Waals surface area contributed by atoms with Gasteiger partial charge in [0.25, 0.3) is 0 Å². The van der Waals surface area contributed by atoms with Crippen LogP contribution in [0.25, 0.3) is 0 Å². The second-order valence-electron chi connectivity index (χ2n) is 7.54. The average molecular weight is 484 g/mol. The molecule has 0 spiro atoms.